The maximum atomic E-state index is 14.3. The van der Waals surface area contributed by atoms with E-state index in [-0.39, 0.29) is 23.3 Å². The van der Waals surface area contributed by atoms with E-state index < -0.39 is 6.04 Å². The lowest BCUT2D eigenvalue weighted by Gasteiger charge is -2.55. The first kappa shape index (κ1) is 24.9. The molecule has 4 fully saturated rings. The van der Waals surface area contributed by atoms with Gasteiger partial charge < -0.3 is 10.2 Å². The highest BCUT2D eigenvalue weighted by Crippen LogP contribution is 2.60. The zero-order chi connectivity index (χ0) is 26.1. The number of hydrogen-bond donors (Lipinski definition) is 1. The number of nitrogens with zero attached hydrogens (tertiary/aromatic N) is 1. The maximum Gasteiger partial charge on any atom is 0.246 e. The second kappa shape index (κ2) is 10.4. The van der Waals surface area contributed by atoms with Gasteiger partial charge in [0.1, 0.15) is 6.04 Å². The molecule has 0 spiro atoms. The number of carbonyl (C=O) groups is 2. The minimum atomic E-state index is -0.613. The first-order chi connectivity index (χ1) is 18.5. The number of benzene rings is 3. The van der Waals surface area contributed by atoms with Crippen LogP contribution in [0.5, 0.6) is 0 Å². The van der Waals surface area contributed by atoms with Gasteiger partial charge in [-0.2, -0.15) is 0 Å². The Hall–Kier alpha value is -3.40. The fourth-order valence-corrected chi connectivity index (χ4v) is 8.03. The van der Waals surface area contributed by atoms with Gasteiger partial charge in [-0.15, -0.1) is 0 Å². The number of rotatable bonds is 8. The lowest BCUT2D eigenvalue weighted by Crippen LogP contribution is -2.58. The van der Waals surface area contributed by atoms with Crippen molar-refractivity contribution < 1.29 is 9.59 Å². The van der Waals surface area contributed by atoms with Crippen LogP contribution >= 0.6 is 0 Å². The summed E-state index contributed by atoms with van der Waals surface area (Å²) in [6.45, 7) is 0. The fourth-order valence-electron chi connectivity index (χ4n) is 8.03. The van der Waals surface area contributed by atoms with Gasteiger partial charge in [-0.3, -0.25) is 9.59 Å². The highest BCUT2D eigenvalue weighted by molar-refractivity contribution is 5.91. The third kappa shape index (κ3) is 4.89. The number of likely N-dealkylation sites (N-methyl/N-ethyl adjacent to an activating group) is 1. The van der Waals surface area contributed by atoms with Gasteiger partial charge in [0.2, 0.25) is 11.8 Å². The van der Waals surface area contributed by atoms with Crippen LogP contribution in [-0.4, -0.2) is 29.8 Å². The molecule has 4 nitrogen and oxygen atoms in total. The molecule has 0 heterocycles. The van der Waals surface area contributed by atoms with E-state index in [1.807, 2.05) is 78.7 Å². The molecule has 4 saturated carbocycles. The van der Waals surface area contributed by atoms with E-state index in [0.29, 0.717) is 24.2 Å². The van der Waals surface area contributed by atoms with Gasteiger partial charge in [0.25, 0.3) is 0 Å². The Morgan fingerprint density at radius 3 is 1.68 bits per heavy atom. The van der Waals surface area contributed by atoms with Crippen LogP contribution in [-0.2, 0) is 16.0 Å². The van der Waals surface area contributed by atoms with Gasteiger partial charge in [-0.25, -0.2) is 0 Å². The Labute approximate surface area is 226 Å². The van der Waals surface area contributed by atoms with Crippen molar-refractivity contribution in [1.82, 2.24) is 10.2 Å². The van der Waals surface area contributed by atoms with Gasteiger partial charge in [0.15, 0.2) is 0 Å². The Balaban J connectivity index is 1.30. The van der Waals surface area contributed by atoms with E-state index >= 15 is 0 Å². The van der Waals surface area contributed by atoms with Crippen molar-refractivity contribution in [1.29, 1.82) is 0 Å². The second-order valence-corrected chi connectivity index (χ2v) is 12.1. The fraction of sp³-hybridized carbons (Fsp3) is 0.412. The molecule has 4 aliphatic rings. The molecule has 0 aromatic heterocycles. The van der Waals surface area contributed by atoms with Gasteiger partial charge in [0.05, 0.1) is 6.04 Å². The molecule has 2 amide bonds. The molecule has 4 aliphatic carbocycles. The maximum absolute atomic E-state index is 14.3. The summed E-state index contributed by atoms with van der Waals surface area (Å²) in [6.07, 6.45) is 7.32. The van der Waals surface area contributed by atoms with Gasteiger partial charge in [-0.1, -0.05) is 91.0 Å². The van der Waals surface area contributed by atoms with Crippen molar-refractivity contribution in [3.8, 4) is 0 Å². The van der Waals surface area contributed by atoms with Crippen LogP contribution < -0.4 is 5.32 Å². The highest BCUT2D eigenvalue weighted by atomic mass is 16.2. The lowest BCUT2D eigenvalue weighted by atomic mass is 9.49. The quantitative estimate of drug-likeness (QED) is 0.397. The molecular weight excluding hydrogens is 468 g/mol. The molecule has 0 unspecified atom stereocenters. The Kier molecular flexibility index (Phi) is 6.82. The third-order valence-corrected chi connectivity index (χ3v) is 9.37. The molecule has 4 heteroatoms. The summed E-state index contributed by atoms with van der Waals surface area (Å²) in [5.41, 5.74) is 2.88. The number of carbonyl (C=O) groups excluding carboxylic acids is 2. The highest BCUT2D eigenvalue weighted by Gasteiger charge is 2.55. The normalized spacial score (nSPS) is 26.2. The van der Waals surface area contributed by atoms with Crippen molar-refractivity contribution in [3.05, 3.63) is 108 Å². The van der Waals surface area contributed by atoms with Crippen LogP contribution in [0.4, 0.5) is 0 Å². The van der Waals surface area contributed by atoms with E-state index in [9.17, 15) is 9.59 Å². The molecule has 7 rings (SSSR count). The summed E-state index contributed by atoms with van der Waals surface area (Å²) in [7, 11) is 1.88. The Morgan fingerprint density at radius 2 is 1.21 bits per heavy atom. The monoisotopic (exact) mass is 506 g/mol. The predicted molar refractivity (Wildman–Crippen MR) is 150 cm³/mol. The Morgan fingerprint density at radius 1 is 0.763 bits per heavy atom. The molecule has 1 atom stereocenters. The van der Waals surface area contributed by atoms with Crippen molar-refractivity contribution in [3.63, 3.8) is 0 Å². The molecule has 0 aliphatic heterocycles. The summed E-state index contributed by atoms with van der Waals surface area (Å²) in [6, 6.07) is 29.6. The molecule has 0 radical (unpaired) electrons. The van der Waals surface area contributed by atoms with Gasteiger partial charge in [0, 0.05) is 18.9 Å². The van der Waals surface area contributed by atoms with Crippen molar-refractivity contribution in [2.75, 3.05) is 7.05 Å². The zero-order valence-electron chi connectivity index (χ0n) is 22.3. The minimum Gasteiger partial charge on any atom is -0.343 e. The van der Waals surface area contributed by atoms with E-state index in [4.69, 9.17) is 0 Å². The van der Waals surface area contributed by atoms with Crippen LogP contribution in [0.25, 0.3) is 0 Å². The lowest BCUT2D eigenvalue weighted by molar-refractivity contribution is -0.150. The summed E-state index contributed by atoms with van der Waals surface area (Å²) < 4.78 is 0. The smallest absolute Gasteiger partial charge is 0.246 e. The summed E-state index contributed by atoms with van der Waals surface area (Å²) >= 11 is 0. The van der Waals surface area contributed by atoms with Crippen molar-refractivity contribution in [2.45, 2.75) is 57.0 Å². The summed E-state index contributed by atoms with van der Waals surface area (Å²) in [5.74, 6) is 2.09. The van der Waals surface area contributed by atoms with Crippen LogP contribution in [0.3, 0.4) is 0 Å². The van der Waals surface area contributed by atoms with Gasteiger partial charge >= 0.3 is 0 Å². The second-order valence-electron chi connectivity index (χ2n) is 12.1. The van der Waals surface area contributed by atoms with Crippen LogP contribution in [0, 0.1) is 23.2 Å². The van der Waals surface area contributed by atoms with Crippen LogP contribution in [0.2, 0.25) is 0 Å². The largest absolute Gasteiger partial charge is 0.343 e. The van der Waals surface area contributed by atoms with E-state index in [1.165, 1.54) is 19.3 Å². The standard InChI is InChI=1S/C34H38N2O2/c1-36(31(28-13-7-3-8-14-28)29-15-9-4-10-16-29)32(37)30(20-24-11-5-2-6-12-24)35-33(38)34-21-25-17-26(22-34)19-27(18-25)23-34/h2-16,25-27,30-31H,17-23H2,1H3,(H,35,38)/t25?,26?,27?,30-,34?/m0/s1. The molecular formula is C34H38N2O2. The SMILES string of the molecule is CN(C(=O)[C@H](Cc1ccccc1)NC(=O)C12CC3CC(CC(C3)C1)C2)C(c1ccccc1)c1ccccc1. The topological polar surface area (TPSA) is 49.4 Å². The van der Waals surface area contributed by atoms with E-state index in [2.05, 4.69) is 29.6 Å². The Bertz CT molecular complexity index is 1180. The predicted octanol–water partition coefficient (Wildman–Crippen LogP) is 6.18. The zero-order valence-corrected chi connectivity index (χ0v) is 22.3. The average Bonchev–Trinajstić information content (AvgIpc) is 2.93. The van der Waals surface area contributed by atoms with E-state index in [0.717, 1.165) is 36.0 Å². The molecule has 0 saturated heterocycles. The first-order valence-electron chi connectivity index (χ1n) is 14.2. The van der Waals surface area contributed by atoms with Crippen LogP contribution in [0.15, 0.2) is 91.0 Å². The number of nitrogens with one attached hydrogen (secondary N) is 1. The minimum absolute atomic E-state index is 0.0513. The first-order valence-corrected chi connectivity index (χ1v) is 14.2. The molecule has 38 heavy (non-hydrogen) atoms. The summed E-state index contributed by atoms with van der Waals surface area (Å²) in [4.78, 5) is 30.2. The van der Waals surface area contributed by atoms with Crippen molar-refractivity contribution in [2.24, 2.45) is 23.2 Å². The van der Waals surface area contributed by atoms with Crippen LogP contribution in [0.1, 0.15) is 61.3 Å². The number of amides is 2. The average molecular weight is 507 g/mol. The molecule has 1 N–H and O–H groups in total. The molecule has 4 bridgehead atoms. The summed E-state index contributed by atoms with van der Waals surface area (Å²) in [5, 5.41) is 3.33. The van der Waals surface area contributed by atoms with Crippen molar-refractivity contribution >= 4 is 11.8 Å². The van der Waals surface area contributed by atoms with Gasteiger partial charge in [-0.05, 0) is 73.0 Å². The molecule has 3 aromatic rings. The third-order valence-electron chi connectivity index (χ3n) is 9.37. The molecule has 196 valence electrons. The number of hydrogen-bond acceptors (Lipinski definition) is 2. The van der Waals surface area contributed by atoms with E-state index in [1.54, 1.807) is 0 Å². The molecule has 3 aromatic carbocycles.